The van der Waals surface area contributed by atoms with Gasteiger partial charge in [-0.2, -0.15) is 10.1 Å². The third kappa shape index (κ3) is 2.63. The van der Waals surface area contributed by atoms with Crippen LogP contribution in [0.15, 0.2) is 16.9 Å². The van der Waals surface area contributed by atoms with Gasteiger partial charge in [-0.15, -0.1) is 0 Å². The van der Waals surface area contributed by atoms with E-state index in [0.717, 1.165) is 12.1 Å². The summed E-state index contributed by atoms with van der Waals surface area (Å²) in [6.07, 6.45) is 3.79. The first-order valence-electron chi connectivity index (χ1n) is 4.71. The van der Waals surface area contributed by atoms with Gasteiger partial charge in [0.25, 0.3) is 0 Å². The number of hydrogen-bond donors (Lipinski definition) is 1. The highest BCUT2D eigenvalue weighted by Crippen LogP contribution is 1.98. The Balaban J connectivity index is 1.80. The van der Waals surface area contributed by atoms with E-state index in [0.29, 0.717) is 18.3 Å². The highest BCUT2D eigenvalue weighted by molar-refractivity contribution is 5.02. The first kappa shape index (κ1) is 9.85. The van der Waals surface area contributed by atoms with Crippen molar-refractivity contribution in [2.75, 3.05) is 0 Å². The lowest BCUT2D eigenvalue weighted by Gasteiger charge is -1.97. The molecule has 2 heterocycles. The lowest BCUT2D eigenvalue weighted by Crippen LogP contribution is -2.12. The molecule has 0 amide bonds. The minimum Gasteiger partial charge on any atom is -0.338 e. The third-order valence-corrected chi connectivity index (χ3v) is 1.93. The maximum Gasteiger partial charge on any atom is 0.240 e. The molecular formula is C9H13N5O. The van der Waals surface area contributed by atoms with Crippen molar-refractivity contribution >= 4 is 0 Å². The van der Waals surface area contributed by atoms with E-state index in [1.807, 2.05) is 19.4 Å². The van der Waals surface area contributed by atoms with E-state index >= 15 is 0 Å². The first-order valence-corrected chi connectivity index (χ1v) is 4.71. The van der Waals surface area contributed by atoms with E-state index in [1.54, 1.807) is 11.6 Å². The second kappa shape index (κ2) is 4.22. The van der Waals surface area contributed by atoms with Crippen LogP contribution in [0.2, 0.25) is 0 Å². The van der Waals surface area contributed by atoms with Gasteiger partial charge in [-0.25, -0.2) is 0 Å². The van der Waals surface area contributed by atoms with E-state index < -0.39 is 0 Å². The molecule has 0 unspecified atom stereocenters. The Labute approximate surface area is 87.3 Å². The van der Waals surface area contributed by atoms with Gasteiger partial charge in [0.05, 0.1) is 12.7 Å². The van der Waals surface area contributed by atoms with Crippen LogP contribution < -0.4 is 5.32 Å². The summed E-state index contributed by atoms with van der Waals surface area (Å²) in [5.74, 6) is 1.27. The molecule has 0 aliphatic rings. The SMILES string of the molecule is Cc1noc(CNCc2cnn(C)c2)n1. The zero-order valence-corrected chi connectivity index (χ0v) is 8.77. The van der Waals surface area contributed by atoms with Crippen molar-refractivity contribution in [3.05, 3.63) is 29.7 Å². The van der Waals surface area contributed by atoms with Gasteiger partial charge in [-0.3, -0.25) is 4.68 Å². The molecule has 0 aromatic carbocycles. The fourth-order valence-corrected chi connectivity index (χ4v) is 1.29. The molecular weight excluding hydrogens is 194 g/mol. The van der Waals surface area contributed by atoms with Crippen molar-refractivity contribution in [3.8, 4) is 0 Å². The highest BCUT2D eigenvalue weighted by atomic mass is 16.5. The summed E-state index contributed by atoms with van der Waals surface area (Å²) in [5, 5.41) is 11.0. The molecule has 0 spiro atoms. The molecule has 80 valence electrons. The number of aryl methyl sites for hydroxylation is 2. The van der Waals surface area contributed by atoms with E-state index in [4.69, 9.17) is 4.52 Å². The lowest BCUT2D eigenvalue weighted by molar-refractivity contribution is 0.364. The van der Waals surface area contributed by atoms with E-state index in [1.165, 1.54) is 0 Å². The molecule has 0 atom stereocenters. The largest absolute Gasteiger partial charge is 0.338 e. The van der Waals surface area contributed by atoms with Crippen LogP contribution in [-0.4, -0.2) is 19.9 Å². The summed E-state index contributed by atoms with van der Waals surface area (Å²) in [4.78, 5) is 4.09. The van der Waals surface area contributed by atoms with Crippen molar-refractivity contribution in [1.82, 2.24) is 25.2 Å². The monoisotopic (exact) mass is 207 g/mol. The summed E-state index contributed by atoms with van der Waals surface area (Å²) in [6, 6.07) is 0. The lowest BCUT2D eigenvalue weighted by atomic mass is 10.3. The molecule has 1 N–H and O–H groups in total. The number of nitrogens with one attached hydrogen (secondary N) is 1. The van der Waals surface area contributed by atoms with E-state index in [9.17, 15) is 0 Å². The van der Waals surface area contributed by atoms with Crippen LogP contribution in [-0.2, 0) is 20.1 Å². The second-order valence-electron chi connectivity index (χ2n) is 3.36. The van der Waals surface area contributed by atoms with Gasteiger partial charge in [0.15, 0.2) is 5.82 Å². The summed E-state index contributed by atoms with van der Waals surface area (Å²) < 4.78 is 6.73. The topological polar surface area (TPSA) is 68.8 Å². The van der Waals surface area contributed by atoms with Crippen molar-refractivity contribution in [2.24, 2.45) is 7.05 Å². The second-order valence-corrected chi connectivity index (χ2v) is 3.36. The molecule has 6 nitrogen and oxygen atoms in total. The minimum absolute atomic E-state index is 0.579. The Hall–Kier alpha value is -1.69. The van der Waals surface area contributed by atoms with Crippen LogP contribution in [0, 0.1) is 6.92 Å². The van der Waals surface area contributed by atoms with Crippen LogP contribution in [0.25, 0.3) is 0 Å². The van der Waals surface area contributed by atoms with Gasteiger partial charge in [0.1, 0.15) is 0 Å². The molecule has 0 bridgehead atoms. The maximum absolute atomic E-state index is 4.96. The number of nitrogens with zero attached hydrogens (tertiary/aromatic N) is 4. The zero-order chi connectivity index (χ0) is 10.7. The molecule has 2 aromatic rings. The molecule has 2 aromatic heterocycles. The average Bonchev–Trinajstić information content (AvgIpc) is 2.76. The van der Waals surface area contributed by atoms with Crippen LogP contribution in [0.1, 0.15) is 17.3 Å². The summed E-state index contributed by atoms with van der Waals surface area (Å²) in [5.41, 5.74) is 1.13. The van der Waals surface area contributed by atoms with Crippen molar-refractivity contribution < 1.29 is 4.52 Å². The highest BCUT2D eigenvalue weighted by Gasteiger charge is 2.02. The summed E-state index contributed by atoms with van der Waals surface area (Å²) >= 11 is 0. The maximum atomic E-state index is 4.96. The van der Waals surface area contributed by atoms with Crippen molar-refractivity contribution in [1.29, 1.82) is 0 Å². The van der Waals surface area contributed by atoms with Gasteiger partial charge in [0.2, 0.25) is 5.89 Å². The van der Waals surface area contributed by atoms with Crippen molar-refractivity contribution in [2.45, 2.75) is 20.0 Å². The predicted octanol–water partition coefficient (Wildman–Crippen LogP) is 0.401. The van der Waals surface area contributed by atoms with E-state index in [2.05, 4.69) is 20.6 Å². The fraction of sp³-hybridized carbons (Fsp3) is 0.444. The smallest absolute Gasteiger partial charge is 0.240 e. The molecule has 15 heavy (non-hydrogen) atoms. The molecule has 0 saturated carbocycles. The van der Waals surface area contributed by atoms with Crippen LogP contribution >= 0.6 is 0 Å². The summed E-state index contributed by atoms with van der Waals surface area (Å²) in [6.45, 7) is 3.12. The predicted molar refractivity (Wildman–Crippen MR) is 52.8 cm³/mol. The average molecular weight is 207 g/mol. The molecule has 6 heteroatoms. The minimum atomic E-state index is 0.579. The Bertz CT molecular complexity index is 393. The molecule has 0 saturated heterocycles. The Morgan fingerprint density at radius 1 is 1.47 bits per heavy atom. The normalized spacial score (nSPS) is 10.8. The third-order valence-electron chi connectivity index (χ3n) is 1.93. The van der Waals surface area contributed by atoms with Gasteiger partial charge in [-0.05, 0) is 6.92 Å². The van der Waals surface area contributed by atoms with Crippen LogP contribution in [0.4, 0.5) is 0 Å². The quantitative estimate of drug-likeness (QED) is 0.786. The zero-order valence-electron chi connectivity index (χ0n) is 8.77. The van der Waals surface area contributed by atoms with Crippen molar-refractivity contribution in [3.63, 3.8) is 0 Å². The van der Waals surface area contributed by atoms with Gasteiger partial charge in [0, 0.05) is 25.4 Å². The number of hydrogen-bond acceptors (Lipinski definition) is 5. The Morgan fingerprint density at radius 3 is 2.93 bits per heavy atom. The summed E-state index contributed by atoms with van der Waals surface area (Å²) in [7, 11) is 1.89. The molecule has 0 aliphatic carbocycles. The molecule has 2 rings (SSSR count). The Morgan fingerprint density at radius 2 is 2.33 bits per heavy atom. The van der Waals surface area contributed by atoms with E-state index in [-0.39, 0.29) is 0 Å². The molecule has 0 aliphatic heterocycles. The van der Waals surface area contributed by atoms with Gasteiger partial charge >= 0.3 is 0 Å². The number of rotatable bonds is 4. The van der Waals surface area contributed by atoms with Gasteiger partial charge in [-0.1, -0.05) is 5.16 Å². The Kier molecular flexibility index (Phi) is 2.77. The molecule has 0 fully saturated rings. The fourth-order valence-electron chi connectivity index (χ4n) is 1.29. The van der Waals surface area contributed by atoms with Crippen LogP contribution in [0.3, 0.4) is 0 Å². The first-order chi connectivity index (χ1) is 7.24. The number of aromatic nitrogens is 4. The van der Waals surface area contributed by atoms with Crippen LogP contribution in [0.5, 0.6) is 0 Å². The van der Waals surface area contributed by atoms with Gasteiger partial charge < -0.3 is 9.84 Å². The molecule has 0 radical (unpaired) electrons. The standard InChI is InChI=1S/C9H13N5O/c1-7-12-9(15-13-7)5-10-3-8-4-11-14(2)6-8/h4,6,10H,3,5H2,1-2H3.